The van der Waals surface area contributed by atoms with Gasteiger partial charge in [-0.15, -0.1) is 5.10 Å². The number of nitrogens with one attached hydrogen (secondary N) is 1. The molecule has 6 nitrogen and oxygen atoms in total. The predicted molar refractivity (Wildman–Crippen MR) is 102 cm³/mol. The van der Waals surface area contributed by atoms with Crippen LogP contribution >= 0.6 is 0 Å². The summed E-state index contributed by atoms with van der Waals surface area (Å²) in [5.41, 5.74) is 3.30. The average Bonchev–Trinajstić information content (AvgIpc) is 3.06. The van der Waals surface area contributed by atoms with Crippen molar-refractivity contribution in [2.45, 2.75) is 64.0 Å². The SMILES string of the molecule is Cc1ccc2c(c1)nnn2C1CCN(CC(=O)NC2CCCCC2)CC1. The van der Waals surface area contributed by atoms with Crippen LogP contribution in [0.3, 0.4) is 0 Å². The largest absolute Gasteiger partial charge is 0.352 e. The van der Waals surface area contributed by atoms with Gasteiger partial charge < -0.3 is 5.32 Å². The summed E-state index contributed by atoms with van der Waals surface area (Å²) in [6.45, 7) is 4.49. The molecule has 0 atom stereocenters. The lowest BCUT2D eigenvalue weighted by Crippen LogP contribution is -2.45. The summed E-state index contributed by atoms with van der Waals surface area (Å²) in [4.78, 5) is 14.6. The molecule has 1 amide bonds. The summed E-state index contributed by atoms with van der Waals surface area (Å²) in [5.74, 6) is 0.192. The van der Waals surface area contributed by atoms with Crippen LogP contribution in [0.2, 0.25) is 0 Å². The van der Waals surface area contributed by atoms with Crippen molar-refractivity contribution in [2.75, 3.05) is 19.6 Å². The molecule has 1 aliphatic heterocycles. The molecule has 1 saturated heterocycles. The van der Waals surface area contributed by atoms with Crippen molar-refractivity contribution < 1.29 is 4.79 Å². The molecule has 1 aliphatic carbocycles. The monoisotopic (exact) mass is 355 g/mol. The van der Waals surface area contributed by atoms with Gasteiger partial charge in [-0.1, -0.05) is 30.5 Å². The smallest absolute Gasteiger partial charge is 0.234 e. The van der Waals surface area contributed by atoms with E-state index in [0.29, 0.717) is 18.6 Å². The molecular weight excluding hydrogens is 326 g/mol. The third-order valence-electron chi connectivity index (χ3n) is 5.87. The van der Waals surface area contributed by atoms with E-state index in [1.807, 2.05) is 0 Å². The summed E-state index contributed by atoms with van der Waals surface area (Å²) in [6, 6.07) is 7.10. The molecular formula is C20H29N5O. The van der Waals surface area contributed by atoms with Crippen LogP contribution in [0.1, 0.15) is 56.6 Å². The normalized spacial score (nSPS) is 20.5. The van der Waals surface area contributed by atoms with Gasteiger partial charge in [0, 0.05) is 19.1 Å². The first-order valence-electron chi connectivity index (χ1n) is 10.0. The summed E-state index contributed by atoms with van der Waals surface area (Å²) in [7, 11) is 0. The zero-order valence-electron chi connectivity index (χ0n) is 15.7. The van der Waals surface area contributed by atoms with E-state index in [-0.39, 0.29) is 5.91 Å². The molecule has 1 saturated carbocycles. The van der Waals surface area contributed by atoms with Crippen LogP contribution in [-0.2, 0) is 4.79 Å². The second kappa shape index (κ2) is 7.74. The van der Waals surface area contributed by atoms with Gasteiger partial charge in [0.2, 0.25) is 5.91 Å². The van der Waals surface area contributed by atoms with E-state index < -0.39 is 0 Å². The predicted octanol–water partition coefficient (Wildman–Crippen LogP) is 2.83. The minimum Gasteiger partial charge on any atom is -0.352 e. The fraction of sp³-hybridized carbons (Fsp3) is 0.650. The Morgan fingerprint density at radius 2 is 1.92 bits per heavy atom. The molecule has 2 heterocycles. The minimum atomic E-state index is 0.192. The van der Waals surface area contributed by atoms with Crippen molar-refractivity contribution >= 4 is 16.9 Å². The van der Waals surface area contributed by atoms with Crippen LogP contribution in [0.25, 0.3) is 11.0 Å². The average molecular weight is 355 g/mol. The van der Waals surface area contributed by atoms with E-state index in [9.17, 15) is 4.79 Å². The number of carbonyl (C=O) groups excluding carboxylic acids is 1. The highest BCUT2D eigenvalue weighted by atomic mass is 16.2. The van der Waals surface area contributed by atoms with Gasteiger partial charge in [-0.3, -0.25) is 9.69 Å². The second-order valence-corrected chi connectivity index (χ2v) is 7.94. The van der Waals surface area contributed by atoms with Crippen LogP contribution in [0.5, 0.6) is 0 Å². The number of aromatic nitrogens is 3. The third-order valence-corrected chi connectivity index (χ3v) is 5.87. The Hall–Kier alpha value is -1.95. The van der Waals surface area contributed by atoms with E-state index >= 15 is 0 Å². The van der Waals surface area contributed by atoms with Gasteiger partial charge in [-0.25, -0.2) is 4.68 Å². The van der Waals surface area contributed by atoms with Crippen molar-refractivity contribution in [3.05, 3.63) is 23.8 Å². The van der Waals surface area contributed by atoms with Crippen molar-refractivity contribution in [3.63, 3.8) is 0 Å². The van der Waals surface area contributed by atoms with Gasteiger partial charge in [0.25, 0.3) is 0 Å². The third kappa shape index (κ3) is 3.90. The number of aryl methyl sites for hydroxylation is 1. The van der Waals surface area contributed by atoms with Crippen LogP contribution in [0.4, 0.5) is 0 Å². The number of benzene rings is 1. The lowest BCUT2D eigenvalue weighted by Gasteiger charge is -2.32. The highest BCUT2D eigenvalue weighted by Crippen LogP contribution is 2.25. The lowest BCUT2D eigenvalue weighted by atomic mass is 9.95. The van der Waals surface area contributed by atoms with Crippen molar-refractivity contribution in [2.24, 2.45) is 0 Å². The van der Waals surface area contributed by atoms with E-state index in [0.717, 1.165) is 49.8 Å². The number of likely N-dealkylation sites (tertiary alicyclic amines) is 1. The standard InChI is InChI=1S/C20H29N5O/c1-15-7-8-19-18(13-15)22-23-25(19)17-9-11-24(12-10-17)14-20(26)21-16-5-3-2-4-6-16/h7-8,13,16-17H,2-6,9-12,14H2,1H3,(H,21,26). The zero-order chi connectivity index (χ0) is 17.9. The molecule has 2 fully saturated rings. The molecule has 0 bridgehead atoms. The molecule has 0 radical (unpaired) electrons. The fourth-order valence-corrected chi connectivity index (χ4v) is 4.37. The zero-order valence-corrected chi connectivity index (χ0v) is 15.7. The Morgan fingerprint density at radius 3 is 2.69 bits per heavy atom. The van der Waals surface area contributed by atoms with Crippen molar-refractivity contribution in [1.29, 1.82) is 0 Å². The summed E-state index contributed by atoms with van der Waals surface area (Å²) >= 11 is 0. The van der Waals surface area contributed by atoms with Crippen LogP contribution < -0.4 is 5.32 Å². The van der Waals surface area contributed by atoms with Gasteiger partial charge in [-0.2, -0.15) is 0 Å². The maximum atomic E-state index is 12.3. The van der Waals surface area contributed by atoms with E-state index in [4.69, 9.17) is 0 Å². The molecule has 140 valence electrons. The maximum absolute atomic E-state index is 12.3. The number of hydrogen-bond acceptors (Lipinski definition) is 4. The minimum absolute atomic E-state index is 0.192. The molecule has 2 aromatic rings. The van der Waals surface area contributed by atoms with Gasteiger partial charge in [-0.05, 0) is 50.3 Å². The Morgan fingerprint density at radius 1 is 1.15 bits per heavy atom. The van der Waals surface area contributed by atoms with Gasteiger partial charge in [0.05, 0.1) is 18.1 Å². The van der Waals surface area contributed by atoms with Crippen LogP contribution in [0.15, 0.2) is 18.2 Å². The Bertz CT molecular complexity index is 757. The fourth-order valence-electron chi connectivity index (χ4n) is 4.37. The van der Waals surface area contributed by atoms with Gasteiger partial charge in [0.1, 0.15) is 5.52 Å². The van der Waals surface area contributed by atoms with E-state index in [2.05, 4.69) is 50.3 Å². The first kappa shape index (κ1) is 17.5. The number of hydrogen-bond donors (Lipinski definition) is 1. The molecule has 0 spiro atoms. The lowest BCUT2D eigenvalue weighted by molar-refractivity contribution is -0.123. The van der Waals surface area contributed by atoms with E-state index in [1.54, 1.807) is 0 Å². The highest BCUT2D eigenvalue weighted by Gasteiger charge is 2.25. The topological polar surface area (TPSA) is 63.1 Å². The molecule has 2 aliphatic rings. The Balaban J connectivity index is 1.30. The quantitative estimate of drug-likeness (QED) is 0.916. The number of carbonyl (C=O) groups is 1. The molecule has 26 heavy (non-hydrogen) atoms. The summed E-state index contributed by atoms with van der Waals surface area (Å²) < 4.78 is 2.08. The first-order chi connectivity index (χ1) is 12.7. The summed E-state index contributed by atoms with van der Waals surface area (Å²) in [6.07, 6.45) is 8.14. The molecule has 1 aromatic carbocycles. The number of piperidine rings is 1. The van der Waals surface area contributed by atoms with Crippen molar-refractivity contribution in [3.8, 4) is 0 Å². The number of nitrogens with zero attached hydrogens (tertiary/aromatic N) is 4. The first-order valence-corrected chi connectivity index (χ1v) is 10.0. The second-order valence-electron chi connectivity index (χ2n) is 7.94. The Labute approximate surface area is 154 Å². The Kier molecular flexibility index (Phi) is 5.20. The number of amides is 1. The molecule has 0 unspecified atom stereocenters. The molecule has 1 N–H and O–H groups in total. The van der Waals surface area contributed by atoms with Gasteiger partial charge >= 0.3 is 0 Å². The summed E-state index contributed by atoms with van der Waals surface area (Å²) in [5, 5.41) is 11.9. The number of fused-ring (bicyclic) bond motifs is 1. The van der Waals surface area contributed by atoms with Crippen molar-refractivity contribution in [1.82, 2.24) is 25.2 Å². The van der Waals surface area contributed by atoms with Crippen LogP contribution in [0, 0.1) is 6.92 Å². The van der Waals surface area contributed by atoms with Gasteiger partial charge in [0.15, 0.2) is 0 Å². The molecule has 1 aromatic heterocycles. The van der Waals surface area contributed by atoms with E-state index in [1.165, 1.54) is 24.8 Å². The maximum Gasteiger partial charge on any atom is 0.234 e. The molecule has 4 rings (SSSR count). The molecule has 6 heteroatoms. The highest BCUT2D eigenvalue weighted by molar-refractivity contribution is 5.78. The number of rotatable bonds is 4. The van der Waals surface area contributed by atoms with Crippen LogP contribution in [-0.4, -0.2) is 51.5 Å².